The number of aromatic amines is 1. The zero-order valence-electron chi connectivity index (χ0n) is 12.7. The van der Waals surface area contributed by atoms with Gasteiger partial charge in [0.2, 0.25) is 0 Å². The normalized spacial score (nSPS) is 22.0. The fourth-order valence-electron chi connectivity index (χ4n) is 2.91. The Kier molecular flexibility index (Phi) is 3.63. The summed E-state index contributed by atoms with van der Waals surface area (Å²) in [5, 5.41) is 17.5. The van der Waals surface area contributed by atoms with Crippen LogP contribution in [0.25, 0.3) is 0 Å². The van der Waals surface area contributed by atoms with Crippen molar-refractivity contribution < 1.29 is 5.11 Å². The van der Waals surface area contributed by atoms with E-state index in [0.717, 1.165) is 41.6 Å². The highest BCUT2D eigenvalue weighted by atomic mass is 16.3. The first-order valence-corrected chi connectivity index (χ1v) is 7.27. The summed E-state index contributed by atoms with van der Waals surface area (Å²) in [6.07, 6.45) is 2.27. The molecule has 6 nitrogen and oxygen atoms in total. The van der Waals surface area contributed by atoms with E-state index >= 15 is 0 Å². The number of hydrogen-bond acceptors (Lipinski definition) is 5. The van der Waals surface area contributed by atoms with Crippen LogP contribution < -0.4 is 4.90 Å². The fraction of sp³-hybridized carbons (Fsp3) is 0.533. The van der Waals surface area contributed by atoms with E-state index in [1.54, 1.807) is 0 Å². The van der Waals surface area contributed by atoms with Gasteiger partial charge in [0.25, 0.3) is 0 Å². The van der Waals surface area contributed by atoms with Gasteiger partial charge in [-0.2, -0.15) is 5.10 Å². The van der Waals surface area contributed by atoms with E-state index in [4.69, 9.17) is 0 Å². The molecular weight excluding hydrogens is 266 g/mol. The lowest BCUT2D eigenvalue weighted by Crippen LogP contribution is -2.23. The predicted octanol–water partition coefficient (Wildman–Crippen LogP) is 1.16. The molecule has 1 aliphatic heterocycles. The van der Waals surface area contributed by atoms with Crippen molar-refractivity contribution in [2.45, 2.75) is 33.3 Å². The van der Waals surface area contributed by atoms with Crippen LogP contribution >= 0.6 is 0 Å². The van der Waals surface area contributed by atoms with Crippen LogP contribution in [0.1, 0.15) is 22.8 Å². The molecule has 1 aliphatic rings. The van der Waals surface area contributed by atoms with Gasteiger partial charge in [-0.1, -0.05) is 0 Å². The number of β-amino-alcohol motifs (C(OH)–C–C–N with tert-alkyl or cyclic N) is 1. The summed E-state index contributed by atoms with van der Waals surface area (Å²) < 4.78 is 0. The molecule has 3 heterocycles. The topological polar surface area (TPSA) is 77.9 Å². The highest BCUT2D eigenvalue weighted by molar-refractivity contribution is 5.46. The van der Waals surface area contributed by atoms with E-state index in [1.165, 1.54) is 0 Å². The minimum absolute atomic E-state index is 0.183. The highest BCUT2D eigenvalue weighted by Gasteiger charge is 2.33. The van der Waals surface area contributed by atoms with Gasteiger partial charge < -0.3 is 10.0 Å². The Balaban J connectivity index is 1.75. The summed E-state index contributed by atoms with van der Waals surface area (Å²) in [7, 11) is 0. The number of nitrogens with one attached hydrogen (secondary N) is 1. The van der Waals surface area contributed by atoms with E-state index in [2.05, 4.69) is 25.1 Å². The molecule has 2 atom stereocenters. The van der Waals surface area contributed by atoms with E-state index in [9.17, 15) is 5.11 Å². The molecule has 0 unspecified atom stereocenters. The van der Waals surface area contributed by atoms with Crippen LogP contribution in [0.15, 0.2) is 12.3 Å². The van der Waals surface area contributed by atoms with Gasteiger partial charge in [0.15, 0.2) is 0 Å². The molecule has 0 spiro atoms. The second kappa shape index (κ2) is 5.44. The minimum atomic E-state index is -0.350. The molecule has 6 heteroatoms. The van der Waals surface area contributed by atoms with Crippen molar-refractivity contribution in [1.82, 2.24) is 20.2 Å². The third-order valence-electron chi connectivity index (χ3n) is 4.00. The number of hydrogen-bond donors (Lipinski definition) is 2. The zero-order chi connectivity index (χ0) is 15.0. The monoisotopic (exact) mass is 287 g/mol. The van der Waals surface area contributed by atoms with Gasteiger partial charge in [-0.3, -0.25) is 5.10 Å². The number of rotatable bonds is 3. The Morgan fingerprint density at radius 1 is 1.33 bits per heavy atom. The second-order valence-electron chi connectivity index (χ2n) is 5.90. The summed E-state index contributed by atoms with van der Waals surface area (Å²) in [4.78, 5) is 10.9. The minimum Gasteiger partial charge on any atom is -0.391 e. The number of H-pyrrole nitrogens is 1. The average molecular weight is 287 g/mol. The van der Waals surface area contributed by atoms with E-state index < -0.39 is 0 Å². The van der Waals surface area contributed by atoms with Crippen LogP contribution in [0.3, 0.4) is 0 Å². The molecule has 0 bridgehead atoms. The third kappa shape index (κ3) is 2.90. The Labute approximate surface area is 124 Å². The third-order valence-corrected chi connectivity index (χ3v) is 4.00. The lowest BCUT2D eigenvalue weighted by molar-refractivity contribution is 0.148. The fourth-order valence-corrected chi connectivity index (χ4v) is 2.91. The molecule has 2 aromatic heterocycles. The Bertz CT molecular complexity index is 639. The maximum atomic E-state index is 10.3. The van der Waals surface area contributed by atoms with Crippen molar-refractivity contribution in [1.29, 1.82) is 0 Å². The molecule has 3 rings (SSSR count). The Morgan fingerprint density at radius 3 is 2.86 bits per heavy atom. The second-order valence-corrected chi connectivity index (χ2v) is 5.90. The van der Waals surface area contributed by atoms with Crippen molar-refractivity contribution in [2.75, 3.05) is 18.0 Å². The Morgan fingerprint density at radius 2 is 2.14 bits per heavy atom. The van der Waals surface area contributed by atoms with Crippen LogP contribution in [0.4, 0.5) is 5.82 Å². The Hall–Kier alpha value is -1.95. The SMILES string of the molecule is Cc1ncc(C)c(N2C[C@@H](Cc3cc(C)[nH]n3)[C@H](O)C2)n1. The number of aliphatic hydroxyl groups is 1. The largest absolute Gasteiger partial charge is 0.391 e. The van der Waals surface area contributed by atoms with Crippen LogP contribution in [-0.2, 0) is 6.42 Å². The average Bonchev–Trinajstić information content (AvgIpc) is 3.00. The molecule has 21 heavy (non-hydrogen) atoms. The predicted molar refractivity (Wildman–Crippen MR) is 80.2 cm³/mol. The number of aryl methyl sites for hydroxylation is 3. The van der Waals surface area contributed by atoms with Crippen molar-refractivity contribution in [2.24, 2.45) is 5.92 Å². The molecule has 2 aromatic rings. The van der Waals surface area contributed by atoms with E-state index in [-0.39, 0.29) is 12.0 Å². The molecule has 0 aromatic carbocycles. The van der Waals surface area contributed by atoms with Gasteiger partial charge in [0.05, 0.1) is 11.8 Å². The molecule has 0 saturated carbocycles. The number of aromatic nitrogens is 4. The summed E-state index contributed by atoms with van der Waals surface area (Å²) in [5.41, 5.74) is 3.11. The summed E-state index contributed by atoms with van der Waals surface area (Å²) in [6, 6.07) is 2.04. The summed E-state index contributed by atoms with van der Waals surface area (Å²) in [5.74, 6) is 1.88. The molecule has 1 fully saturated rings. The lowest BCUT2D eigenvalue weighted by atomic mass is 10.0. The molecule has 0 amide bonds. The molecule has 1 saturated heterocycles. The molecule has 0 radical (unpaired) electrons. The maximum Gasteiger partial charge on any atom is 0.135 e. The molecule has 0 aliphatic carbocycles. The summed E-state index contributed by atoms with van der Waals surface area (Å²) >= 11 is 0. The van der Waals surface area contributed by atoms with Crippen LogP contribution in [0.5, 0.6) is 0 Å². The van der Waals surface area contributed by atoms with E-state index in [1.807, 2.05) is 33.0 Å². The van der Waals surface area contributed by atoms with E-state index in [0.29, 0.717) is 6.54 Å². The van der Waals surface area contributed by atoms with Crippen LogP contribution in [0.2, 0.25) is 0 Å². The van der Waals surface area contributed by atoms with Gasteiger partial charge in [-0.05, 0) is 33.3 Å². The first kappa shape index (κ1) is 14.0. The van der Waals surface area contributed by atoms with Crippen molar-refractivity contribution in [3.05, 3.63) is 35.0 Å². The zero-order valence-corrected chi connectivity index (χ0v) is 12.7. The van der Waals surface area contributed by atoms with Gasteiger partial charge in [-0.15, -0.1) is 0 Å². The molecular formula is C15H21N5O. The maximum absolute atomic E-state index is 10.3. The number of nitrogens with zero attached hydrogens (tertiary/aromatic N) is 4. The van der Waals surface area contributed by atoms with Crippen LogP contribution in [-0.4, -0.2) is 44.5 Å². The van der Waals surface area contributed by atoms with Gasteiger partial charge in [-0.25, -0.2) is 9.97 Å². The van der Waals surface area contributed by atoms with Crippen LogP contribution in [0, 0.1) is 26.7 Å². The van der Waals surface area contributed by atoms with Gasteiger partial charge in [0, 0.05) is 36.5 Å². The lowest BCUT2D eigenvalue weighted by Gasteiger charge is -2.19. The van der Waals surface area contributed by atoms with Gasteiger partial charge in [0.1, 0.15) is 11.6 Å². The number of anilines is 1. The standard InChI is InChI=1S/C15H21N5O/c1-9-6-16-11(3)17-15(9)20-7-12(14(21)8-20)5-13-4-10(2)18-19-13/h4,6,12,14,21H,5,7-8H2,1-3H3,(H,18,19)/t12-,14-/m1/s1. The van der Waals surface area contributed by atoms with Crippen molar-refractivity contribution >= 4 is 5.82 Å². The first-order valence-electron chi connectivity index (χ1n) is 7.27. The summed E-state index contributed by atoms with van der Waals surface area (Å²) in [6.45, 7) is 7.29. The smallest absolute Gasteiger partial charge is 0.135 e. The highest BCUT2D eigenvalue weighted by Crippen LogP contribution is 2.27. The number of aliphatic hydroxyl groups excluding tert-OH is 1. The van der Waals surface area contributed by atoms with Gasteiger partial charge >= 0.3 is 0 Å². The van der Waals surface area contributed by atoms with Crippen molar-refractivity contribution in [3.8, 4) is 0 Å². The molecule has 2 N–H and O–H groups in total. The first-order chi connectivity index (χ1) is 10.0. The molecule has 112 valence electrons. The quantitative estimate of drug-likeness (QED) is 0.886. The van der Waals surface area contributed by atoms with Crippen molar-refractivity contribution in [3.63, 3.8) is 0 Å².